The monoisotopic (exact) mass is 259 g/mol. The average molecular weight is 259 g/mol. The first kappa shape index (κ1) is 12.7. The van der Waals surface area contributed by atoms with Crippen molar-refractivity contribution < 1.29 is 17.9 Å². The molecule has 0 N–H and O–H groups in total. The van der Waals surface area contributed by atoms with Crippen LogP contribution in [0, 0.1) is 0 Å². The van der Waals surface area contributed by atoms with Gasteiger partial charge in [-0.3, -0.25) is 4.79 Å². The maximum Gasteiger partial charge on any atom is 0.219 e. The van der Waals surface area contributed by atoms with E-state index in [1.54, 1.807) is 0 Å². The lowest BCUT2D eigenvalue weighted by Crippen LogP contribution is -2.41. The molecule has 1 saturated heterocycles. The van der Waals surface area contributed by atoms with Crippen molar-refractivity contribution in [3.8, 4) is 0 Å². The number of hydrogen-bond donors (Lipinski definition) is 0. The van der Waals surface area contributed by atoms with Crippen LogP contribution >= 0.6 is 0 Å². The zero-order valence-electron chi connectivity index (χ0n) is 10.00. The molecule has 2 aliphatic rings. The van der Waals surface area contributed by atoms with E-state index in [0.29, 0.717) is 6.42 Å². The first-order valence-electron chi connectivity index (χ1n) is 5.69. The Morgan fingerprint density at radius 2 is 2.18 bits per heavy atom. The third-order valence-electron chi connectivity index (χ3n) is 3.27. The van der Waals surface area contributed by atoms with Crippen molar-refractivity contribution >= 4 is 15.8 Å². The number of sulfonamides is 1. The van der Waals surface area contributed by atoms with Crippen LogP contribution in [0.2, 0.25) is 0 Å². The van der Waals surface area contributed by atoms with Crippen LogP contribution in [0.25, 0.3) is 0 Å². The summed E-state index contributed by atoms with van der Waals surface area (Å²) in [6, 6.07) is 0. The lowest BCUT2D eigenvalue weighted by molar-refractivity contribution is -0.117. The minimum absolute atomic E-state index is 0.00358. The molecule has 0 aromatic rings. The predicted molar refractivity (Wildman–Crippen MR) is 63.1 cm³/mol. The smallest absolute Gasteiger partial charge is 0.219 e. The fourth-order valence-electron chi connectivity index (χ4n) is 2.20. The quantitative estimate of drug-likeness (QED) is 0.667. The van der Waals surface area contributed by atoms with E-state index in [1.165, 1.54) is 18.3 Å². The third-order valence-corrected chi connectivity index (χ3v) is 5.55. The number of carbonyl (C=O) groups excluding carboxylic acids is 1. The molecular formula is C11H17NO4S. The van der Waals surface area contributed by atoms with Gasteiger partial charge in [-0.05, 0) is 13.3 Å². The molecule has 0 aromatic heterocycles. The van der Waals surface area contributed by atoms with E-state index >= 15 is 0 Å². The SMILES string of the molecule is CC(=O)CCN(C)S(=O)(=O)C1CC2C=CC1O2. The summed E-state index contributed by atoms with van der Waals surface area (Å²) < 4.78 is 31.2. The lowest BCUT2D eigenvalue weighted by Gasteiger charge is -2.23. The van der Waals surface area contributed by atoms with Gasteiger partial charge in [-0.1, -0.05) is 12.2 Å². The van der Waals surface area contributed by atoms with Gasteiger partial charge in [0.2, 0.25) is 10.0 Å². The van der Waals surface area contributed by atoms with Gasteiger partial charge in [-0.25, -0.2) is 12.7 Å². The van der Waals surface area contributed by atoms with Crippen molar-refractivity contribution in [1.29, 1.82) is 0 Å². The highest BCUT2D eigenvalue weighted by atomic mass is 32.2. The molecule has 2 heterocycles. The highest BCUT2D eigenvalue weighted by Gasteiger charge is 2.45. The van der Waals surface area contributed by atoms with Crippen molar-refractivity contribution in [3.05, 3.63) is 12.2 Å². The molecule has 96 valence electrons. The van der Waals surface area contributed by atoms with Gasteiger partial charge >= 0.3 is 0 Å². The summed E-state index contributed by atoms with van der Waals surface area (Å²) in [5.74, 6) is -0.00358. The van der Waals surface area contributed by atoms with E-state index in [0.717, 1.165) is 0 Å². The largest absolute Gasteiger partial charge is 0.365 e. The van der Waals surface area contributed by atoms with Crippen molar-refractivity contribution in [3.63, 3.8) is 0 Å². The summed E-state index contributed by atoms with van der Waals surface area (Å²) >= 11 is 0. The maximum atomic E-state index is 12.2. The second-order valence-corrected chi connectivity index (χ2v) is 6.88. The molecule has 0 aromatic carbocycles. The highest BCUT2D eigenvalue weighted by Crippen LogP contribution is 2.34. The van der Waals surface area contributed by atoms with Crippen LogP contribution in [0.15, 0.2) is 12.2 Å². The van der Waals surface area contributed by atoms with E-state index in [-0.39, 0.29) is 31.0 Å². The number of ketones is 1. The van der Waals surface area contributed by atoms with Crippen molar-refractivity contribution in [1.82, 2.24) is 4.31 Å². The van der Waals surface area contributed by atoms with Crippen LogP contribution < -0.4 is 0 Å². The number of hydrogen-bond acceptors (Lipinski definition) is 4. The van der Waals surface area contributed by atoms with Crippen LogP contribution in [-0.4, -0.2) is 49.6 Å². The van der Waals surface area contributed by atoms with Gasteiger partial charge in [0.1, 0.15) is 11.0 Å². The zero-order valence-corrected chi connectivity index (χ0v) is 10.8. The molecule has 0 saturated carbocycles. The Labute approximate surface area is 101 Å². The fraction of sp³-hybridized carbons (Fsp3) is 0.727. The summed E-state index contributed by atoms with van der Waals surface area (Å²) in [7, 11) is -1.84. The summed E-state index contributed by atoms with van der Waals surface area (Å²) in [4.78, 5) is 10.9. The fourth-order valence-corrected chi connectivity index (χ4v) is 3.93. The number of rotatable bonds is 5. The standard InChI is InChI=1S/C11H17NO4S/c1-8(13)5-6-12(2)17(14,15)11-7-9-3-4-10(11)16-9/h3-4,9-11H,5-7H2,1-2H3. The molecule has 6 heteroatoms. The molecule has 2 aliphatic heterocycles. The Balaban J connectivity index is 2.03. The summed E-state index contributed by atoms with van der Waals surface area (Å²) in [6.45, 7) is 1.71. The first-order chi connectivity index (χ1) is 7.91. The van der Waals surface area contributed by atoms with Crippen LogP contribution in [0.1, 0.15) is 19.8 Å². The minimum Gasteiger partial charge on any atom is -0.365 e. The maximum absolute atomic E-state index is 12.2. The molecule has 2 bridgehead atoms. The average Bonchev–Trinajstić information content (AvgIpc) is 2.87. The molecule has 3 atom stereocenters. The van der Waals surface area contributed by atoms with Crippen LogP contribution in [0.5, 0.6) is 0 Å². The molecule has 0 aliphatic carbocycles. The third kappa shape index (κ3) is 2.43. The van der Waals surface area contributed by atoms with Gasteiger partial charge in [-0.15, -0.1) is 0 Å². The molecule has 2 rings (SSSR count). The molecule has 0 radical (unpaired) electrons. The van der Waals surface area contributed by atoms with Gasteiger partial charge in [0.05, 0.1) is 12.2 Å². The van der Waals surface area contributed by atoms with Crippen LogP contribution in [0.3, 0.4) is 0 Å². The first-order valence-corrected chi connectivity index (χ1v) is 7.20. The van der Waals surface area contributed by atoms with Crippen LogP contribution in [0.4, 0.5) is 0 Å². The van der Waals surface area contributed by atoms with E-state index in [9.17, 15) is 13.2 Å². The minimum atomic E-state index is -3.36. The summed E-state index contributed by atoms with van der Waals surface area (Å²) in [5.41, 5.74) is 0. The molecular weight excluding hydrogens is 242 g/mol. The van der Waals surface area contributed by atoms with E-state index in [1.807, 2.05) is 12.2 Å². The molecule has 0 spiro atoms. The number of carbonyl (C=O) groups is 1. The number of fused-ring (bicyclic) bond motifs is 2. The second-order valence-electron chi connectivity index (χ2n) is 4.62. The molecule has 1 fully saturated rings. The Kier molecular flexibility index (Phi) is 3.38. The zero-order chi connectivity index (χ0) is 12.6. The summed E-state index contributed by atoms with van der Waals surface area (Å²) in [6.07, 6.45) is 4.13. The van der Waals surface area contributed by atoms with Crippen molar-refractivity contribution in [2.24, 2.45) is 0 Å². The summed E-state index contributed by atoms with van der Waals surface area (Å²) in [5, 5.41) is -0.491. The Morgan fingerprint density at radius 1 is 1.47 bits per heavy atom. The van der Waals surface area contributed by atoms with Crippen LogP contribution in [-0.2, 0) is 19.6 Å². The second kappa shape index (κ2) is 4.51. The predicted octanol–water partition coefficient (Wildman–Crippen LogP) is 0.323. The van der Waals surface area contributed by atoms with E-state index < -0.39 is 15.3 Å². The number of nitrogens with zero attached hydrogens (tertiary/aromatic N) is 1. The number of ether oxygens (including phenoxy) is 1. The Hall–Kier alpha value is -0.720. The van der Waals surface area contributed by atoms with Gasteiger partial charge in [0.15, 0.2) is 0 Å². The van der Waals surface area contributed by atoms with Gasteiger partial charge in [0, 0.05) is 20.0 Å². The Morgan fingerprint density at radius 3 is 2.65 bits per heavy atom. The molecule has 0 amide bonds. The van der Waals surface area contributed by atoms with E-state index in [2.05, 4.69) is 0 Å². The van der Waals surface area contributed by atoms with Crippen molar-refractivity contribution in [2.45, 2.75) is 37.2 Å². The Bertz CT molecular complexity index is 442. The molecule has 17 heavy (non-hydrogen) atoms. The molecule has 3 unspecified atom stereocenters. The van der Waals surface area contributed by atoms with Crippen molar-refractivity contribution in [2.75, 3.05) is 13.6 Å². The molecule has 5 nitrogen and oxygen atoms in total. The van der Waals surface area contributed by atoms with Gasteiger partial charge in [-0.2, -0.15) is 0 Å². The normalized spacial score (nSPS) is 31.4. The van der Waals surface area contributed by atoms with E-state index in [4.69, 9.17) is 4.74 Å². The lowest BCUT2D eigenvalue weighted by atomic mass is 10.1. The number of Topliss-reactive ketones (excluding diaryl/α,β-unsaturated/α-hetero) is 1. The topological polar surface area (TPSA) is 63.7 Å². The van der Waals surface area contributed by atoms with Gasteiger partial charge < -0.3 is 4.74 Å². The highest BCUT2D eigenvalue weighted by molar-refractivity contribution is 7.89. The van der Waals surface area contributed by atoms with Gasteiger partial charge in [0.25, 0.3) is 0 Å².